The van der Waals surface area contributed by atoms with Crippen molar-refractivity contribution in [3.8, 4) is 0 Å². The molecule has 0 amide bonds. The molecule has 2 N–H and O–H groups in total. The van der Waals surface area contributed by atoms with E-state index in [0.29, 0.717) is 19.2 Å². The molecule has 0 atom stereocenters. The molecule has 2 rings (SSSR count). The minimum Gasteiger partial charge on any atom is -0.382 e. The quantitative estimate of drug-likeness (QED) is 0.821. The van der Waals surface area contributed by atoms with Crippen LogP contribution in [0.15, 0.2) is 42.6 Å². The first-order valence-electron chi connectivity index (χ1n) is 4.75. The average molecular weight is 203 g/mol. The van der Waals surface area contributed by atoms with Crippen LogP contribution in [-0.4, -0.2) is 9.78 Å². The van der Waals surface area contributed by atoms with Gasteiger partial charge in [-0.15, -0.1) is 0 Å². The lowest BCUT2D eigenvalue weighted by Gasteiger charge is -2.03. The number of ether oxygens (including phenoxy) is 1. The summed E-state index contributed by atoms with van der Waals surface area (Å²) in [6.45, 7) is 1.01. The number of nitrogens with zero attached hydrogens (tertiary/aromatic N) is 2. The summed E-state index contributed by atoms with van der Waals surface area (Å²) in [5, 5.41) is 4.01. The van der Waals surface area contributed by atoms with Gasteiger partial charge < -0.3 is 10.5 Å². The van der Waals surface area contributed by atoms with Gasteiger partial charge in [0.2, 0.25) is 0 Å². The smallest absolute Gasteiger partial charge is 0.145 e. The Hall–Kier alpha value is -1.81. The van der Waals surface area contributed by atoms with Crippen molar-refractivity contribution < 1.29 is 4.74 Å². The Morgan fingerprint density at radius 3 is 2.67 bits per heavy atom. The Morgan fingerprint density at radius 1 is 1.20 bits per heavy atom. The highest BCUT2D eigenvalue weighted by molar-refractivity contribution is 5.23. The fourth-order valence-electron chi connectivity index (χ4n) is 1.28. The summed E-state index contributed by atoms with van der Waals surface area (Å²) in [5.74, 6) is 0.512. The Bertz CT molecular complexity index is 411. The average Bonchev–Trinajstić information content (AvgIpc) is 2.66. The molecule has 0 fully saturated rings. The summed E-state index contributed by atoms with van der Waals surface area (Å²) in [7, 11) is 0. The Morgan fingerprint density at radius 2 is 2.00 bits per heavy atom. The molecule has 1 aromatic carbocycles. The number of anilines is 1. The van der Waals surface area contributed by atoms with Crippen LogP contribution in [0.25, 0.3) is 0 Å². The molecule has 0 unspecified atom stereocenters. The Kier molecular flexibility index (Phi) is 2.99. The standard InChI is InChI=1S/C11H13N3O/c12-11-6-7-14(13-11)9-15-8-10-4-2-1-3-5-10/h1-7H,8-9H2,(H2,12,13). The highest BCUT2D eigenvalue weighted by Gasteiger charge is 1.95. The molecule has 1 aromatic heterocycles. The molecular formula is C11H13N3O. The number of hydrogen-bond donors (Lipinski definition) is 1. The van der Waals surface area contributed by atoms with E-state index in [-0.39, 0.29) is 0 Å². The molecule has 1 heterocycles. The van der Waals surface area contributed by atoms with Crippen LogP contribution in [0.5, 0.6) is 0 Å². The van der Waals surface area contributed by atoms with Crippen molar-refractivity contribution in [1.82, 2.24) is 9.78 Å². The second-order valence-corrected chi connectivity index (χ2v) is 3.24. The summed E-state index contributed by atoms with van der Waals surface area (Å²) in [6.07, 6.45) is 1.79. The maximum Gasteiger partial charge on any atom is 0.145 e. The lowest BCUT2D eigenvalue weighted by Crippen LogP contribution is -2.03. The van der Waals surface area contributed by atoms with Gasteiger partial charge in [0.15, 0.2) is 0 Å². The van der Waals surface area contributed by atoms with Crippen LogP contribution in [0.3, 0.4) is 0 Å². The topological polar surface area (TPSA) is 53.1 Å². The minimum atomic E-state index is 0.423. The highest BCUT2D eigenvalue weighted by atomic mass is 16.5. The van der Waals surface area contributed by atoms with Crippen molar-refractivity contribution in [2.75, 3.05) is 5.73 Å². The van der Waals surface area contributed by atoms with Crippen LogP contribution >= 0.6 is 0 Å². The lowest BCUT2D eigenvalue weighted by molar-refractivity contribution is 0.0563. The molecule has 0 radical (unpaired) electrons. The largest absolute Gasteiger partial charge is 0.382 e. The van der Waals surface area contributed by atoms with Crippen molar-refractivity contribution in [3.05, 3.63) is 48.2 Å². The predicted molar refractivity (Wildman–Crippen MR) is 57.9 cm³/mol. The summed E-state index contributed by atoms with van der Waals surface area (Å²) >= 11 is 0. The van der Waals surface area contributed by atoms with E-state index in [4.69, 9.17) is 10.5 Å². The second kappa shape index (κ2) is 4.61. The molecule has 15 heavy (non-hydrogen) atoms. The molecule has 0 spiro atoms. The first-order valence-corrected chi connectivity index (χ1v) is 4.75. The number of nitrogen functional groups attached to an aromatic ring is 1. The van der Waals surface area contributed by atoms with Gasteiger partial charge >= 0.3 is 0 Å². The van der Waals surface area contributed by atoms with E-state index in [1.165, 1.54) is 0 Å². The lowest BCUT2D eigenvalue weighted by atomic mass is 10.2. The maximum atomic E-state index is 5.47. The van der Waals surface area contributed by atoms with E-state index in [1.807, 2.05) is 30.3 Å². The van der Waals surface area contributed by atoms with Crippen molar-refractivity contribution in [1.29, 1.82) is 0 Å². The minimum absolute atomic E-state index is 0.423. The molecule has 0 aliphatic carbocycles. The van der Waals surface area contributed by atoms with Gasteiger partial charge in [0, 0.05) is 12.3 Å². The molecule has 0 bridgehead atoms. The first-order chi connectivity index (χ1) is 7.34. The van der Waals surface area contributed by atoms with Crippen LogP contribution < -0.4 is 5.73 Å². The zero-order chi connectivity index (χ0) is 10.5. The van der Waals surface area contributed by atoms with Gasteiger partial charge in [-0.05, 0) is 5.56 Å². The van der Waals surface area contributed by atoms with E-state index >= 15 is 0 Å². The van der Waals surface area contributed by atoms with Crippen LogP contribution in [0, 0.1) is 0 Å². The number of hydrogen-bond acceptors (Lipinski definition) is 3. The SMILES string of the molecule is Nc1ccn(COCc2ccccc2)n1. The van der Waals surface area contributed by atoms with Crippen LogP contribution in [0.4, 0.5) is 5.82 Å². The van der Waals surface area contributed by atoms with Crippen molar-refractivity contribution in [2.45, 2.75) is 13.3 Å². The third kappa shape index (κ3) is 2.82. The molecule has 78 valence electrons. The molecule has 0 saturated carbocycles. The molecule has 0 aliphatic heterocycles. The van der Waals surface area contributed by atoms with Gasteiger partial charge in [0.25, 0.3) is 0 Å². The van der Waals surface area contributed by atoms with E-state index in [9.17, 15) is 0 Å². The third-order valence-corrected chi connectivity index (χ3v) is 2.00. The summed E-state index contributed by atoms with van der Waals surface area (Å²) < 4.78 is 7.13. The fourth-order valence-corrected chi connectivity index (χ4v) is 1.28. The van der Waals surface area contributed by atoms with E-state index in [0.717, 1.165) is 5.56 Å². The van der Waals surface area contributed by atoms with Gasteiger partial charge in [0.05, 0.1) is 6.61 Å². The zero-order valence-electron chi connectivity index (χ0n) is 8.34. The Balaban J connectivity index is 1.80. The van der Waals surface area contributed by atoms with Crippen LogP contribution in [-0.2, 0) is 18.1 Å². The van der Waals surface area contributed by atoms with Crippen molar-refractivity contribution in [2.24, 2.45) is 0 Å². The van der Waals surface area contributed by atoms with Gasteiger partial charge in [0.1, 0.15) is 12.5 Å². The van der Waals surface area contributed by atoms with E-state index < -0.39 is 0 Å². The van der Waals surface area contributed by atoms with Crippen molar-refractivity contribution in [3.63, 3.8) is 0 Å². The number of rotatable bonds is 4. The molecule has 0 aliphatic rings. The van der Waals surface area contributed by atoms with Gasteiger partial charge in [-0.1, -0.05) is 30.3 Å². The van der Waals surface area contributed by atoms with Crippen LogP contribution in [0.1, 0.15) is 5.56 Å². The normalized spacial score (nSPS) is 10.4. The number of aromatic nitrogens is 2. The first kappa shape index (κ1) is 9.73. The molecule has 4 nitrogen and oxygen atoms in total. The third-order valence-electron chi connectivity index (χ3n) is 2.00. The van der Waals surface area contributed by atoms with Crippen molar-refractivity contribution >= 4 is 5.82 Å². The number of benzene rings is 1. The molecular weight excluding hydrogens is 190 g/mol. The Labute approximate surface area is 88.3 Å². The fraction of sp³-hybridized carbons (Fsp3) is 0.182. The number of nitrogens with two attached hydrogens (primary N) is 1. The van der Waals surface area contributed by atoms with Gasteiger partial charge in [-0.2, -0.15) is 5.10 Å². The monoisotopic (exact) mass is 203 g/mol. The predicted octanol–water partition coefficient (Wildman–Crippen LogP) is 1.64. The van der Waals surface area contributed by atoms with E-state index in [2.05, 4.69) is 5.10 Å². The molecule has 0 saturated heterocycles. The maximum absolute atomic E-state index is 5.47. The molecule has 2 aromatic rings. The van der Waals surface area contributed by atoms with Gasteiger partial charge in [-0.25, -0.2) is 4.68 Å². The summed E-state index contributed by atoms with van der Waals surface area (Å²) in [4.78, 5) is 0. The molecule has 4 heteroatoms. The highest BCUT2D eigenvalue weighted by Crippen LogP contribution is 2.02. The second-order valence-electron chi connectivity index (χ2n) is 3.24. The zero-order valence-corrected chi connectivity index (χ0v) is 8.34. The van der Waals surface area contributed by atoms with Crippen LogP contribution in [0.2, 0.25) is 0 Å². The van der Waals surface area contributed by atoms with Gasteiger partial charge in [-0.3, -0.25) is 0 Å². The summed E-state index contributed by atoms with van der Waals surface area (Å²) in [6, 6.07) is 11.8. The summed E-state index contributed by atoms with van der Waals surface area (Å²) in [5.41, 5.74) is 6.62. The van der Waals surface area contributed by atoms with E-state index in [1.54, 1.807) is 16.9 Å².